The zero-order valence-electron chi connectivity index (χ0n) is 20.3. The standard InChI is InChI=1S/C24H34N2O6.2ClH/c1-27-19-7-5-8-20(28-2)23(19)31-17-15-25-11-13-26(14-12-25)16-18-32-24-21(29-3)9-6-10-22(24)30-4;;/h5-10H,11-18H2,1-4H3;2*1H. The van der Waals surface area contributed by atoms with Crippen LogP contribution in [0.4, 0.5) is 0 Å². The summed E-state index contributed by atoms with van der Waals surface area (Å²) in [7, 11) is 6.53. The Bertz CT molecular complexity index is 736. The lowest BCUT2D eigenvalue weighted by atomic mass is 10.3. The van der Waals surface area contributed by atoms with Crippen molar-refractivity contribution in [3.05, 3.63) is 36.4 Å². The van der Waals surface area contributed by atoms with Crippen LogP contribution in [0.1, 0.15) is 0 Å². The van der Waals surface area contributed by atoms with Gasteiger partial charge in [0, 0.05) is 39.3 Å². The highest BCUT2D eigenvalue weighted by atomic mass is 35.5. The van der Waals surface area contributed by atoms with Gasteiger partial charge in [-0.25, -0.2) is 0 Å². The summed E-state index contributed by atoms with van der Waals surface area (Å²) in [5.74, 6) is 4.03. The smallest absolute Gasteiger partial charge is 0.203 e. The minimum Gasteiger partial charge on any atom is -0.493 e. The topological polar surface area (TPSA) is 61.9 Å². The van der Waals surface area contributed by atoms with Crippen LogP contribution >= 0.6 is 24.8 Å². The second kappa shape index (κ2) is 15.6. The van der Waals surface area contributed by atoms with Crippen LogP contribution < -0.4 is 28.4 Å². The normalized spacial score (nSPS) is 13.8. The summed E-state index contributed by atoms with van der Waals surface area (Å²) in [5, 5.41) is 0. The number of hydrogen-bond acceptors (Lipinski definition) is 8. The fourth-order valence-corrected chi connectivity index (χ4v) is 3.71. The van der Waals surface area contributed by atoms with Gasteiger partial charge in [-0.05, 0) is 24.3 Å². The highest BCUT2D eigenvalue weighted by molar-refractivity contribution is 5.85. The van der Waals surface area contributed by atoms with Crippen molar-refractivity contribution in [2.45, 2.75) is 0 Å². The van der Waals surface area contributed by atoms with E-state index in [4.69, 9.17) is 28.4 Å². The van der Waals surface area contributed by atoms with Crippen LogP contribution in [0.2, 0.25) is 0 Å². The summed E-state index contributed by atoms with van der Waals surface area (Å²) < 4.78 is 33.5. The van der Waals surface area contributed by atoms with E-state index in [1.807, 2.05) is 36.4 Å². The van der Waals surface area contributed by atoms with Crippen molar-refractivity contribution in [2.75, 3.05) is 80.9 Å². The SMILES string of the molecule is COc1cccc(OC)c1OCCN1CCN(CCOc2c(OC)cccc2OC)CC1.Cl.Cl. The Kier molecular flexibility index (Phi) is 13.7. The summed E-state index contributed by atoms with van der Waals surface area (Å²) >= 11 is 0. The maximum absolute atomic E-state index is 5.99. The zero-order valence-corrected chi connectivity index (χ0v) is 21.9. The molecule has 0 radical (unpaired) electrons. The van der Waals surface area contributed by atoms with Crippen molar-refractivity contribution in [1.82, 2.24) is 9.80 Å². The molecular weight excluding hydrogens is 483 g/mol. The molecule has 1 saturated heterocycles. The Balaban J connectivity index is 0.00000289. The van der Waals surface area contributed by atoms with Crippen molar-refractivity contribution in [3.8, 4) is 34.5 Å². The highest BCUT2D eigenvalue weighted by Gasteiger charge is 2.18. The van der Waals surface area contributed by atoms with E-state index >= 15 is 0 Å². The van der Waals surface area contributed by atoms with Gasteiger partial charge in [-0.2, -0.15) is 0 Å². The number of benzene rings is 2. The molecule has 192 valence electrons. The summed E-state index contributed by atoms with van der Waals surface area (Å²) in [4.78, 5) is 4.81. The van der Waals surface area contributed by atoms with E-state index in [-0.39, 0.29) is 24.8 Å². The predicted molar refractivity (Wildman–Crippen MR) is 137 cm³/mol. The number of hydrogen-bond donors (Lipinski definition) is 0. The van der Waals surface area contributed by atoms with Gasteiger partial charge in [-0.3, -0.25) is 9.80 Å². The third kappa shape index (κ3) is 7.91. The molecular formula is C24H36Cl2N2O6. The minimum atomic E-state index is 0. The van der Waals surface area contributed by atoms with Gasteiger partial charge in [0.25, 0.3) is 0 Å². The van der Waals surface area contributed by atoms with Gasteiger partial charge in [0.15, 0.2) is 23.0 Å². The molecule has 34 heavy (non-hydrogen) atoms. The van der Waals surface area contributed by atoms with Gasteiger partial charge in [0.05, 0.1) is 28.4 Å². The zero-order chi connectivity index (χ0) is 22.8. The quantitative estimate of drug-likeness (QED) is 0.422. The molecule has 8 nitrogen and oxygen atoms in total. The van der Waals surface area contributed by atoms with Crippen LogP contribution in [-0.4, -0.2) is 90.7 Å². The molecule has 1 fully saturated rings. The van der Waals surface area contributed by atoms with Crippen LogP contribution in [0.5, 0.6) is 34.5 Å². The summed E-state index contributed by atoms with van der Waals surface area (Å²) in [6.45, 7) is 6.82. The molecule has 0 bridgehead atoms. The second-order valence-corrected chi connectivity index (χ2v) is 7.36. The van der Waals surface area contributed by atoms with Crippen molar-refractivity contribution >= 4 is 24.8 Å². The van der Waals surface area contributed by atoms with Crippen LogP contribution in [0.3, 0.4) is 0 Å². The van der Waals surface area contributed by atoms with Gasteiger partial charge in [-0.15, -0.1) is 24.8 Å². The molecule has 1 heterocycles. The Morgan fingerprint density at radius 2 is 0.853 bits per heavy atom. The van der Waals surface area contributed by atoms with E-state index in [1.54, 1.807) is 28.4 Å². The highest BCUT2D eigenvalue weighted by Crippen LogP contribution is 2.37. The first-order valence-electron chi connectivity index (χ1n) is 10.8. The third-order valence-electron chi connectivity index (χ3n) is 5.54. The molecule has 0 spiro atoms. The molecule has 0 N–H and O–H groups in total. The Morgan fingerprint density at radius 1 is 0.559 bits per heavy atom. The number of rotatable bonds is 12. The maximum Gasteiger partial charge on any atom is 0.203 e. The molecule has 0 saturated carbocycles. The van der Waals surface area contributed by atoms with Crippen LogP contribution in [0.15, 0.2) is 36.4 Å². The Morgan fingerprint density at radius 3 is 1.12 bits per heavy atom. The average Bonchev–Trinajstić information content (AvgIpc) is 2.84. The van der Waals surface area contributed by atoms with Crippen molar-refractivity contribution in [3.63, 3.8) is 0 Å². The molecule has 2 aromatic rings. The van der Waals surface area contributed by atoms with E-state index in [1.165, 1.54) is 0 Å². The van der Waals surface area contributed by atoms with Gasteiger partial charge in [-0.1, -0.05) is 12.1 Å². The average molecular weight is 519 g/mol. The van der Waals surface area contributed by atoms with Gasteiger partial charge in [0.1, 0.15) is 13.2 Å². The number of piperazine rings is 1. The lowest BCUT2D eigenvalue weighted by molar-refractivity contribution is 0.103. The fraction of sp³-hybridized carbons (Fsp3) is 0.500. The first-order chi connectivity index (χ1) is 15.7. The number of para-hydroxylation sites is 2. The molecule has 3 rings (SSSR count). The molecule has 0 atom stereocenters. The number of ether oxygens (including phenoxy) is 6. The number of halogens is 2. The van der Waals surface area contributed by atoms with E-state index in [0.29, 0.717) is 47.7 Å². The van der Waals surface area contributed by atoms with E-state index in [0.717, 1.165) is 39.3 Å². The van der Waals surface area contributed by atoms with Gasteiger partial charge >= 0.3 is 0 Å². The molecule has 10 heteroatoms. The first kappa shape index (κ1) is 29.8. The minimum absolute atomic E-state index is 0. The van der Waals surface area contributed by atoms with Crippen LogP contribution in [0, 0.1) is 0 Å². The van der Waals surface area contributed by atoms with E-state index in [9.17, 15) is 0 Å². The maximum atomic E-state index is 5.99. The molecule has 1 aliphatic heterocycles. The number of methoxy groups -OCH3 is 4. The summed E-state index contributed by atoms with van der Waals surface area (Å²) in [6.07, 6.45) is 0. The molecule has 0 aliphatic carbocycles. The Labute approximate surface area is 214 Å². The molecule has 0 unspecified atom stereocenters. The second-order valence-electron chi connectivity index (χ2n) is 7.36. The van der Waals surface area contributed by atoms with E-state index in [2.05, 4.69) is 9.80 Å². The molecule has 0 amide bonds. The van der Waals surface area contributed by atoms with Crippen LogP contribution in [0.25, 0.3) is 0 Å². The molecule has 0 aromatic heterocycles. The molecule has 1 aliphatic rings. The van der Waals surface area contributed by atoms with Crippen molar-refractivity contribution in [2.24, 2.45) is 0 Å². The Hall–Kier alpha value is -2.26. The van der Waals surface area contributed by atoms with Crippen molar-refractivity contribution < 1.29 is 28.4 Å². The van der Waals surface area contributed by atoms with Gasteiger partial charge in [0.2, 0.25) is 11.5 Å². The largest absolute Gasteiger partial charge is 0.493 e. The fourth-order valence-electron chi connectivity index (χ4n) is 3.71. The number of nitrogens with zero attached hydrogens (tertiary/aromatic N) is 2. The van der Waals surface area contributed by atoms with E-state index < -0.39 is 0 Å². The van der Waals surface area contributed by atoms with Crippen molar-refractivity contribution in [1.29, 1.82) is 0 Å². The lowest BCUT2D eigenvalue weighted by Crippen LogP contribution is -2.48. The van der Waals surface area contributed by atoms with Crippen LogP contribution in [-0.2, 0) is 0 Å². The predicted octanol–water partition coefficient (Wildman–Crippen LogP) is 3.64. The first-order valence-corrected chi connectivity index (χ1v) is 10.8. The lowest BCUT2D eigenvalue weighted by Gasteiger charge is -2.34. The third-order valence-corrected chi connectivity index (χ3v) is 5.54. The summed E-state index contributed by atoms with van der Waals surface area (Å²) in [5.41, 5.74) is 0. The summed E-state index contributed by atoms with van der Waals surface area (Å²) in [6, 6.07) is 11.3. The monoisotopic (exact) mass is 518 g/mol. The van der Waals surface area contributed by atoms with Gasteiger partial charge < -0.3 is 28.4 Å². The molecule has 2 aromatic carbocycles.